The van der Waals surface area contributed by atoms with E-state index in [1.54, 1.807) is 24.9 Å². The van der Waals surface area contributed by atoms with Gasteiger partial charge in [-0.05, 0) is 55.0 Å². The lowest BCUT2D eigenvalue weighted by molar-refractivity contribution is -0.116. The van der Waals surface area contributed by atoms with Crippen LogP contribution in [0.3, 0.4) is 0 Å². The molecular weight excluding hydrogens is 332 g/mol. The van der Waals surface area contributed by atoms with E-state index < -0.39 is 0 Å². The average molecular weight is 356 g/mol. The van der Waals surface area contributed by atoms with E-state index in [-0.39, 0.29) is 18.4 Å². The van der Waals surface area contributed by atoms with Crippen molar-refractivity contribution in [3.05, 3.63) is 64.7 Å². The number of hydrogen-bond acceptors (Lipinski definition) is 3. The van der Waals surface area contributed by atoms with E-state index in [0.717, 1.165) is 28.1 Å². The molecule has 0 unspecified atom stereocenters. The van der Waals surface area contributed by atoms with Gasteiger partial charge in [0.25, 0.3) is 5.91 Å². The van der Waals surface area contributed by atoms with Crippen molar-refractivity contribution in [1.82, 2.24) is 4.90 Å². The van der Waals surface area contributed by atoms with Crippen molar-refractivity contribution >= 4 is 29.3 Å². The largest absolute Gasteiger partial charge is 0.332 e. The molecule has 0 saturated heterocycles. The highest BCUT2D eigenvalue weighted by Gasteiger charge is 2.16. The number of aryl methyl sites for hydroxylation is 2. The predicted octanol–water partition coefficient (Wildman–Crippen LogP) is 3.88. The first-order valence-corrected chi connectivity index (χ1v) is 9.50. The van der Waals surface area contributed by atoms with Crippen LogP contribution in [0.1, 0.15) is 27.0 Å². The molecule has 2 aromatic carbocycles. The Bertz CT molecular complexity index is 774. The first-order valence-electron chi connectivity index (χ1n) is 8.11. The van der Waals surface area contributed by atoms with E-state index in [1.807, 2.05) is 56.5 Å². The van der Waals surface area contributed by atoms with E-state index in [4.69, 9.17) is 0 Å². The number of hydrogen-bond donors (Lipinski definition) is 1. The predicted molar refractivity (Wildman–Crippen MR) is 105 cm³/mol. The standard InChI is InChI=1S/C20H24N2O2S/c1-14-8-9-15(2)18(10-14)21-19(23)12-22(3)20(24)17-7-5-6-16(11-17)13-25-4/h5-11H,12-13H2,1-4H3,(H,21,23). The lowest BCUT2D eigenvalue weighted by atomic mass is 10.1. The zero-order valence-electron chi connectivity index (χ0n) is 15.1. The van der Waals surface area contributed by atoms with Crippen molar-refractivity contribution in [2.75, 3.05) is 25.2 Å². The normalized spacial score (nSPS) is 10.4. The number of rotatable bonds is 6. The second-order valence-electron chi connectivity index (χ2n) is 6.16. The molecule has 132 valence electrons. The number of carbonyl (C=O) groups is 2. The molecule has 5 heteroatoms. The molecule has 0 radical (unpaired) electrons. The van der Waals surface area contributed by atoms with E-state index in [1.165, 1.54) is 4.90 Å². The number of amides is 2. The summed E-state index contributed by atoms with van der Waals surface area (Å²) in [5.41, 5.74) is 4.57. The molecule has 0 bridgehead atoms. The van der Waals surface area contributed by atoms with Crippen molar-refractivity contribution in [3.63, 3.8) is 0 Å². The molecule has 0 spiro atoms. The van der Waals surface area contributed by atoms with Gasteiger partial charge in [0.1, 0.15) is 0 Å². The van der Waals surface area contributed by atoms with Crippen molar-refractivity contribution in [2.45, 2.75) is 19.6 Å². The van der Waals surface area contributed by atoms with Crippen LogP contribution in [0, 0.1) is 13.8 Å². The maximum absolute atomic E-state index is 12.5. The SMILES string of the molecule is CSCc1cccc(C(=O)N(C)CC(=O)Nc2cc(C)ccc2C)c1. The molecule has 2 rings (SSSR count). The van der Waals surface area contributed by atoms with Crippen LogP contribution in [-0.4, -0.2) is 36.6 Å². The fourth-order valence-corrected chi connectivity index (χ4v) is 3.04. The summed E-state index contributed by atoms with van der Waals surface area (Å²) in [7, 11) is 1.65. The number of likely N-dealkylation sites (N-methyl/N-ethyl adjacent to an activating group) is 1. The van der Waals surface area contributed by atoms with Crippen LogP contribution in [0.4, 0.5) is 5.69 Å². The Hall–Kier alpha value is -2.27. The van der Waals surface area contributed by atoms with Crippen molar-refractivity contribution in [1.29, 1.82) is 0 Å². The van der Waals surface area contributed by atoms with Gasteiger partial charge in [0.05, 0.1) is 6.54 Å². The third-order valence-electron chi connectivity index (χ3n) is 3.88. The van der Waals surface area contributed by atoms with Crippen LogP contribution in [0.25, 0.3) is 0 Å². The summed E-state index contributed by atoms with van der Waals surface area (Å²) in [6.07, 6.45) is 2.03. The van der Waals surface area contributed by atoms with Crippen LogP contribution in [-0.2, 0) is 10.5 Å². The lowest BCUT2D eigenvalue weighted by Gasteiger charge is -2.18. The molecule has 0 aliphatic rings. The maximum atomic E-state index is 12.5. The summed E-state index contributed by atoms with van der Waals surface area (Å²) < 4.78 is 0. The van der Waals surface area contributed by atoms with E-state index in [0.29, 0.717) is 5.56 Å². The molecule has 1 N–H and O–H groups in total. The Morgan fingerprint density at radius 3 is 2.60 bits per heavy atom. The minimum Gasteiger partial charge on any atom is -0.332 e. The Balaban J connectivity index is 2.01. The van der Waals surface area contributed by atoms with E-state index in [2.05, 4.69) is 5.32 Å². The zero-order chi connectivity index (χ0) is 18.4. The van der Waals surface area contributed by atoms with Crippen LogP contribution >= 0.6 is 11.8 Å². The van der Waals surface area contributed by atoms with Gasteiger partial charge >= 0.3 is 0 Å². The number of anilines is 1. The van der Waals surface area contributed by atoms with Gasteiger partial charge < -0.3 is 10.2 Å². The number of nitrogens with one attached hydrogen (secondary N) is 1. The highest BCUT2D eigenvalue weighted by Crippen LogP contribution is 2.16. The van der Waals surface area contributed by atoms with Gasteiger partial charge in [-0.25, -0.2) is 0 Å². The first kappa shape index (κ1) is 19.1. The van der Waals surface area contributed by atoms with Gasteiger partial charge in [-0.15, -0.1) is 0 Å². The zero-order valence-corrected chi connectivity index (χ0v) is 15.9. The number of thioether (sulfide) groups is 1. The Morgan fingerprint density at radius 1 is 1.12 bits per heavy atom. The minimum atomic E-state index is -0.204. The summed E-state index contributed by atoms with van der Waals surface area (Å²) in [5.74, 6) is 0.502. The van der Waals surface area contributed by atoms with Crippen LogP contribution in [0.15, 0.2) is 42.5 Å². The summed E-state index contributed by atoms with van der Waals surface area (Å²) in [5, 5.41) is 2.88. The van der Waals surface area contributed by atoms with E-state index in [9.17, 15) is 9.59 Å². The van der Waals surface area contributed by atoms with Gasteiger partial charge in [-0.1, -0.05) is 24.3 Å². The monoisotopic (exact) mass is 356 g/mol. The molecule has 0 saturated carbocycles. The highest BCUT2D eigenvalue weighted by atomic mass is 32.2. The van der Waals surface area contributed by atoms with Crippen molar-refractivity contribution < 1.29 is 9.59 Å². The molecule has 0 fully saturated rings. The summed E-state index contributed by atoms with van der Waals surface area (Å²) >= 11 is 1.71. The Kier molecular flexibility index (Phi) is 6.65. The summed E-state index contributed by atoms with van der Waals surface area (Å²) in [6, 6.07) is 13.5. The van der Waals surface area contributed by atoms with Gasteiger partial charge in [0, 0.05) is 24.1 Å². The van der Waals surface area contributed by atoms with Gasteiger partial charge in [0.15, 0.2) is 0 Å². The lowest BCUT2D eigenvalue weighted by Crippen LogP contribution is -2.35. The van der Waals surface area contributed by atoms with E-state index >= 15 is 0 Å². The smallest absolute Gasteiger partial charge is 0.254 e. The highest BCUT2D eigenvalue weighted by molar-refractivity contribution is 7.97. The fourth-order valence-electron chi connectivity index (χ4n) is 2.53. The third-order valence-corrected chi connectivity index (χ3v) is 4.50. The molecule has 4 nitrogen and oxygen atoms in total. The molecule has 0 heterocycles. The third kappa shape index (κ3) is 5.36. The molecule has 2 aromatic rings. The maximum Gasteiger partial charge on any atom is 0.254 e. The topological polar surface area (TPSA) is 49.4 Å². The van der Waals surface area contributed by atoms with Gasteiger partial charge in [0.2, 0.25) is 5.91 Å². The molecule has 0 aromatic heterocycles. The molecule has 0 aliphatic heterocycles. The van der Waals surface area contributed by atoms with Crippen molar-refractivity contribution in [2.24, 2.45) is 0 Å². The Labute approximate surface area is 153 Å². The van der Waals surface area contributed by atoms with Crippen LogP contribution in [0.5, 0.6) is 0 Å². The molecule has 25 heavy (non-hydrogen) atoms. The van der Waals surface area contributed by atoms with Gasteiger partial charge in [-0.2, -0.15) is 11.8 Å². The second kappa shape index (κ2) is 8.72. The number of nitrogens with zero attached hydrogens (tertiary/aromatic N) is 1. The fraction of sp³-hybridized carbons (Fsp3) is 0.300. The summed E-state index contributed by atoms with van der Waals surface area (Å²) in [4.78, 5) is 26.3. The molecule has 2 amide bonds. The number of benzene rings is 2. The molecular formula is C20H24N2O2S. The van der Waals surface area contributed by atoms with Gasteiger partial charge in [-0.3, -0.25) is 9.59 Å². The average Bonchev–Trinajstić information content (AvgIpc) is 2.58. The van der Waals surface area contributed by atoms with Crippen LogP contribution in [0.2, 0.25) is 0 Å². The first-order chi connectivity index (χ1) is 11.9. The molecule has 0 aliphatic carbocycles. The number of carbonyl (C=O) groups excluding carboxylic acids is 2. The minimum absolute atomic E-state index is 0.0129. The van der Waals surface area contributed by atoms with Crippen LogP contribution < -0.4 is 5.32 Å². The summed E-state index contributed by atoms with van der Waals surface area (Å²) in [6.45, 7) is 3.94. The van der Waals surface area contributed by atoms with Crippen molar-refractivity contribution in [3.8, 4) is 0 Å². The quantitative estimate of drug-likeness (QED) is 0.854. The second-order valence-corrected chi connectivity index (χ2v) is 7.03. The Morgan fingerprint density at radius 2 is 1.88 bits per heavy atom. The molecule has 0 atom stereocenters.